The Labute approximate surface area is 96.5 Å². The van der Waals surface area contributed by atoms with Crippen LogP contribution in [0.4, 0.5) is 5.69 Å². The van der Waals surface area contributed by atoms with Crippen LogP contribution >= 0.6 is 0 Å². The monoisotopic (exact) mass is 218 g/mol. The van der Waals surface area contributed by atoms with E-state index in [0.717, 1.165) is 31.6 Å². The van der Waals surface area contributed by atoms with Crippen molar-refractivity contribution < 1.29 is 4.79 Å². The molecule has 0 spiro atoms. The second-order valence-electron chi connectivity index (χ2n) is 4.31. The van der Waals surface area contributed by atoms with E-state index in [9.17, 15) is 4.79 Å². The van der Waals surface area contributed by atoms with Crippen LogP contribution in [-0.2, 0) is 4.79 Å². The Morgan fingerprint density at radius 2 is 1.88 bits per heavy atom. The highest BCUT2D eigenvalue weighted by molar-refractivity contribution is 5.81. The first-order chi connectivity index (χ1) is 7.75. The van der Waals surface area contributed by atoms with Gasteiger partial charge >= 0.3 is 0 Å². The van der Waals surface area contributed by atoms with Gasteiger partial charge in [-0.25, -0.2) is 0 Å². The Balaban J connectivity index is 1.82. The van der Waals surface area contributed by atoms with Crippen LogP contribution in [0.15, 0.2) is 24.3 Å². The van der Waals surface area contributed by atoms with Gasteiger partial charge in [0.15, 0.2) is 0 Å². The number of nitrogens with zero attached hydrogens (tertiary/aromatic N) is 1. The fourth-order valence-corrected chi connectivity index (χ4v) is 1.93. The van der Waals surface area contributed by atoms with Crippen LogP contribution in [0.3, 0.4) is 0 Å². The van der Waals surface area contributed by atoms with Gasteiger partial charge in [0.1, 0.15) is 0 Å². The molecule has 0 aromatic heterocycles. The molecule has 16 heavy (non-hydrogen) atoms. The van der Waals surface area contributed by atoms with Crippen LogP contribution in [0.25, 0.3) is 0 Å². The van der Waals surface area contributed by atoms with Crippen LogP contribution < -0.4 is 5.32 Å². The summed E-state index contributed by atoms with van der Waals surface area (Å²) in [7, 11) is 0. The Bertz CT molecular complexity index is 353. The smallest absolute Gasteiger partial charge is 0.241 e. The lowest BCUT2D eigenvalue weighted by molar-refractivity contribution is -0.128. The molecule has 0 unspecified atom stereocenters. The van der Waals surface area contributed by atoms with E-state index in [1.807, 2.05) is 29.2 Å². The van der Waals surface area contributed by atoms with E-state index in [1.165, 1.54) is 5.56 Å². The third-order valence-electron chi connectivity index (χ3n) is 2.95. The minimum Gasteiger partial charge on any atom is -0.376 e. The van der Waals surface area contributed by atoms with E-state index in [-0.39, 0.29) is 5.91 Å². The average Bonchev–Trinajstić information content (AvgIpc) is 2.81. The topological polar surface area (TPSA) is 32.3 Å². The van der Waals surface area contributed by atoms with Crippen molar-refractivity contribution >= 4 is 11.6 Å². The van der Waals surface area contributed by atoms with Gasteiger partial charge in [0.2, 0.25) is 5.91 Å². The largest absolute Gasteiger partial charge is 0.376 e. The summed E-state index contributed by atoms with van der Waals surface area (Å²) in [6, 6.07) is 8.10. The summed E-state index contributed by atoms with van der Waals surface area (Å²) >= 11 is 0. The number of anilines is 1. The maximum absolute atomic E-state index is 11.7. The normalized spacial score (nSPS) is 15.2. The zero-order valence-electron chi connectivity index (χ0n) is 9.70. The number of benzene rings is 1. The van der Waals surface area contributed by atoms with Crippen LogP contribution in [-0.4, -0.2) is 30.4 Å². The van der Waals surface area contributed by atoms with Gasteiger partial charge in [-0.3, -0.25) is 4.79 Å². The third kappa shape index (κ3) is 2.75. The number of hydrogen-bond donors (Lipinski definition) is 1. The van der Waals surface area contributed by atoms with Gasteiger partial charge in [-0.15, -0.1) is 0 Å². The van der Waals surface area contributed by atoms with Crippen molar-refractivity contribution in [2.45, 2.75) is 19.8 Å². The van der Waals surface area contributed by atoms with Gasteiger partial charge in [0.05, 0.1) is 6.54 Å². The van der Waals surface area contributed by atoms with Crippen molar-refractivity contribution in [3.8, 4) is 0 Å². The predicted molar refractivity (Wildman–Crippen MR) is 65.5 cm³/mol. The zero-order chi connectivity index (χ0) is 11.4. The Morgan fingerprint density at radius 1 is 1.25 bits per heavy atom. The molecule has 1 amide bonds. The first-order valence-electron chi connectivity index (χ1n) is 5.84. The average molecular weight is 218 g/mol. The molecule has 0 bridgehead atoms. The van der Waals surface area contributed by atoms with E-state index < -0.39 is 0 Å². The standard InChI is InChI=1S/C13H18N2O/c1-11-4-6-12(7-5-11)14-10-13(16)15-8-2-3-9-15/h4-7,14H,2-3,8-10H2,1H3. The van der Waals surface area contributed by atoms with Crippen molar-refractivity contribution in [1.29, 1.82) is 0 Å². The molecule has 0 atom stereocenters. The second kappa shape index (κ2) is 5.01. The maximum Gasteiger partial charge on any atom is 0.241 e. The molecule has 1 heterocycles. The Hall–Kier alpha value is -1.51. The summed E-state index contributed by atoms with van der Waals surface area (Å²) in [4.78, 5) is 13.7. The number of hydrogen-bond acceptors (Lipinski definition) is 2. The van der Waals surface area contributed by atoms with Gasteiger partial charge in [-0.1, -0.05) is 17.7 Å². The molecule has 0 saturated carbocycles. The lowest BCUT2D eigenvalue weighted by Crippen LogP contribution is -2.32. The number of rotatable bonds is 3. The number of carbonyl (C=O) groups is 1. The summed E-state index contributed by atoms with van der Waals surface area (Å²) < 4.78 is 0. The summed E-state index contributed by atoms with van der Waals surface area (Å²) in [5.74, 6) is 0.207. The van der Waals surface area contributed by atoms with E-state index in [0.29, 0.717) is 6.54 Å². The van der Waals surface area contributed by atoms with E-state index in [1.54, 1.807) is 0 Å². The predicted octanol–water partition coefficient (Wildman–Crippen LogP) is 2.03. The highest BCUT2D eigenvalue weighted by atomic mass is 16.2. The number of carbonyl (C=O) groups excluding carboxylic acids is 1. The van der Waals surface area contributed by atoms with E-state index in [4.69, 9.17) is 0 Å². The molecular formula is C13H18N2O. The number of aryl methyl sites for hydroxylation is 1. The molecule has 2 rings (SSSR count). The second-order valence-corrected chi connectivity index (χ2v) is 4.31. The molecule has 1 aliphatic heterocycles. The Morgan fingerprint density at radius 3 is 2.50 bits per heavy atom. The molecule has 1 saturated heterocycles. The van der Waals surface area contributed by atoms with Gasteiger partial charge < -0.3 is 10.2 Å². The van der Waals surface area contributed by atoms with Crippen LogP contribution in [0.2, 0.25) is 0 Å². The van der Waals surface area contributed by atoms with Gasteiger partial charge in [0, 0.05) is 18.8 Å². The fraction of sp³-hybridized carbons (Fsp3) is 0.462. The third-order valence-corrected chi connectivity index (χ3v) is 2.95. The minimum atomic E-state index is 0.207. The quantitative estimate of drug-likeness (QED) is 0.842. The Kier molecular flexibility index (Phi) is 3.44. The molecule has 1 aliphatic rings. The van der Waals surface area contributed by atoms with Gasteiger partial charge in [-0.2, -0.15) is 0 Å². The van der Waals surface area contributed by atoms with Crippen LogP contribution in [0.1, 0.15) is 18.4 Å². The molecule has 1 aromatic rings. The molecule has 1 aromatic carbocycles. The molecule has 3 heteroatoms. The molecule has 86 valence electrons. The summed E-state index contributed by atoms with van der Waals surface area (Å²) in [5.41, 5.74) is 2.24. The number of nitrogens with one attached hydrogen (secondary N) is 1. The number of amides is 1. The molecule has 1 N–H and O–H groups in total. The van der Waals surface area contributed by atoms with Crippen molar-refractivity contribution in [2.75, 3.05) is 25.0 Å². The maximum atomic E-state index is 11.7. The van der Waals surface area contributed by atoms with Gasteiger partial charge in [0.25, 0.3) is 0 Å². The van der Waals surface area contributed by atoms with E-state index >= 15 is 0 Å². The summed E-state index contributed by atoms with van der Waals surface area (Å²) in [6.45, 7) is 4.31. The molecular weight excluding hydrogens is 200 g/mol. The van der Waals surface area contributed by atoms with Crippen molar-refractivity contribution in [3.05, 3.63) is 29.8 Å². The molecule has 3 nitrogen and oxygen atoms in total. The lowest BCUT2D eigenvalue weighted by atomic mass is 10.2. The highest BCUT2D eigenvalue weighted by Gasteiger charge is 2.16. The SMILES string of the molecule is Cc1ccc(NCC(=O)N2CCCC2)cc1. The van der Waals surface area contributed by atoms with Crippen molar-refractivity contribution in [3.63, 3.8) is 0 Å². The molecule has 1 fully saturated rings. The number of likely N-dealkylation sites (tertiary alicyclic amines) is 1. The summed E-state index contributed by atoms with van der Waals surface area (Å²) in [5, 5.41) is 3.16. The van der Waals surface area contributed by atoms with Crippen LogP contribution in [0, 0.1) is 6.92 Å². The first kappa shape index (κ1) is 11.0. The van der Waals surface area contributed by atoms with Crippen LogP contribution in [0.5, 0.6) is 0 Å². The van der Waals surface area contributed by atoms with Gasteiger partial charge in [-0.05, 0) is 31.9 Å². The highest BCUT2D eigenvalue weighted by Crippen LogP contribution is 2.10. The fourth-order valence-electron chi connectivity index (χ4n) is 1.93. The van der Waals surface area contributed by atoms with Crippen molar-refractivity contribution in [2.24, 2.45) is 0 Å². The summed E-state index contributed by atoms with van der Waals surface area (Å²) in [6.07, 6.45) is 2.30. The zero-order valence-corrected chi connectivity index (χ0v) is 9.70. The minimum absolute atomic E-state index is 0.207. The first-order valence-corrected chi connectivity index (χ1v) is 5.84. The van der Waals surface area contributed by atoms with Crippen molar-refractivity contribution in [1.82, 2.24) is 4.90 Å². The molecule has 0 aliphatic carbocycles. The lowest BCUT2D eigenvalue weighted by Gasteiger charge is -2.15. The van der Waals surface area contributed by atoms with E-state index in [2.05, 4.69) is 12.2 Å². The molecule has 0 radical (unpaired) electrons.